The molecule has 34 heavy (non-hydrogen) atoms. The van der Waals surface area contributed by atoms with Gasteiger partial charge in [0, 0.05) is 23.9 Å². The largest absolute Gasteiger partial charge is 0.497 e. The number of ether oxygens (including phenoxy) is 1. The molecule has 1 aliphatic rings. The zero-order chi connectivity index (χ0) is 23.7. The van der Waals surface area contributed by atoms with Crippen LogP contribution in [0.15, 0.2) is 47.3 Å². The fourth-order valence-electron chi connectivity index (χ4n) is 4.92. The van der Waals surface area contributed by atoms with Crippen molar-refractivity contribution in [3.8, 4) is 5.75 Å². The van der Waals surface area contributed by atoms with Gasteiger partial charge in [0.05, 0.1) is 18.7 Å². The number of unbranched alkanes of at least 4 members (excludes halogenated alkanes) is 1. The molecule has 1 atom stereocenters. The number of aryl methyl sites for hydroxylation is 1. The molecule has 1 amide bonds. The highest BCUT2D eigenvalue weighted by Crippen LogP contribution is 2.29. The van der Waals surface area contributed by atoms with Crippen LogP contribution in [-0.2, 0) is 17.8 Å². The third-order valence-electron chi connectivity index (χ3n) is 6.68. The van der Waals surface area contributed by atoms with Crippen molar-refractivity contribution >= 4 is 40.1 Å². The smallest absolute Gasteiger partial charge is 0.278 e. The first kappa shape index (κ1) is 22.4. The molecule has 5 rings (SSSR count). The summed E-state index contributed by atoms with van der Waals surface area (Å²) in [5, 5.41) is 4.06. The number of hydrogen-bond acceptors (Lipinski definition) is 4. The molecule has 2 heterocycles. The summed E-state index contributed by atoms with van der Waals surface area (Å²) in [7, 11) is 1.61. The van der Waals surface area contributed by atoms with Gasteiger partial charge >= 0.3 is 0 Å². The number of nitrogens with one attached hydrogen (secondary N) is 3. The summed E-state index contributed by atoms with van der Waals surface area (Å²) in [6, 6.07) is 14.1. The van der Waals surface area contributed by atoms with E-state index >= 15 is 0 Å². The van der Waals surface area contributed by atoms with Gasteiger partial charge in [0.1, 0.15) is 11.3 Å². The monoisotopic (exact) mass is 476 g/mol. The van der Waals surface area contributed by atoms with Crippen molar-refractivity contribution in [1.29, 1.82) is 0 Å². The Morgan fingerprint density at radius 1 is 1.18 bits per heavy atom. The van der Waals surface area contributed by atoms with E-state index in [1.165, 1.54) is 11.1 Å². The van der Waals surface area contributed by atoms with Crippen molar-refractivity contribution in [2.45, 2.75) is 51.1 Å². The van der Waals surface area contributed by atoms with E-state index < -0.39 is 0 Å². The van der Waals surface area contributed by atoms with Crippen LogP contribution in [0.25, 0.3) is 21.9 Å². The number of aromatic amines is 2. The average molecular weight is 477 g/mol. The fourth-order valence-corrected chi connectivity index (χ4v) is 5.20. The number of H-pyrrole nitrogens is 2. The Kier molecular flexibility index (Phi) is 6.24. The molecule has 7 nitrogen and oxygen atoms in total. The van der Waals surface area contributed by atoms with Crippen LogP contribution in [0.1, 0.15) is 49.3 Å². The average Bonchev–Trinajstić information content (AvgIpc) is 3.21. The third-order valence-corrected chi connectivity index (χ3v) is 7.00. The molecule has 2 aromatic carbocycles. The number of aromatic nitrogens is 3. The Hall–Kier alpha value is -3.39. The second-order valence-electron chi connectivity index (χ2n) is 8.84. The first-order valence-corrected chi connectivity index (χ1v) is 12.2. The molecule has 176 valence electrons. The van der Waals surface area contributed by atoms with Crippen molar-refractivity contribution in [2.24, 2.45) is 0 Å². The van der Waals surface area contributed by atoms with Gasteiger partial charge in [0.25, 0.3) is 5.56 Å². The Morgan fingerprint density at radius 2 is 2.03 bits per heavy atom. The molecule has 2 aromatic heterocycles. The number of methoxy groups -OCH3 is 1. The van der Waals surface area contributed by atoms with Gasteiger partial charge in [-0.05, 0) is 73.6 Å². The topological polar surface area (TPSA) is 91.9 Å². The summed E-state index contributed by atoms with van der Waals surface area (Å²) < 4.78 is 7.25. The van der Waals surface area contributed by atoms with Gasteiger partial charge in [0.15, 0.2) is 4.77 Å². The SMILES string of the molecule is COc1ccc2[nH]c3c(=O)n(CCCCC(=O)NC4CCCc5ccccc54)c(=S)[nH]c3c2c1. The maximum Gasteiger partial charge on any atom is 0.278 e. The van der Waals surface area contributed by atoms with E-state index in [4.69, 9.17) is 17.0 Å². The Bertz CT molecular complexity index is 1480. The number of benzene rings is 2. The molecule has 0 saturated heterocycles. The second kappa shape index (κ2) is 9.46. The minimum atomic E-state index is -0.155. The number of carbonyl (C=O) groups excluding carboxylic acids is 1. The maximum atomic E-state index is 13.1. The molecule has 0 bridgehead atoms. The lowest BCUT2D eigenvalue weighted by Gasteiger charge is -2.26. The third kappa shape index (κ3) is 4.25. The molecule has 0 spiro atoms. The van der Waals surface area contributed by atoms with Crippen LogP contribution in [0.3, 0.4) is 0 Å². The highest BCUT2D eigenvalue weighted by atomic mass is 32.1. The summed E-state index contributed by atoms with van der Waals surface area (Å²) in [6.07, 6.45) is 4.94. The minimum absolute atomic E-state index is 0.0548. The van der Waals surface area contributed by atoms with Gasteiger partial charge in [-0.3, -0.25) is 14.2 Å². The molecule has 4 aromatic rings. The molecule has 0 aliphatic heterocycles. The molecule has 1 unspecified atom stereocenters. The van der Waals surface area contributed by atoms with E-state index in [0.29, 0.717) is 47.4 Å². The lowest BCUT2D eigenvalue weighted by Crippen LogP contribution is -2.30. The van der Waals surface area contributed by atoms with Crippen molar-refractivity contribution < 1.29 is 9.53 Å². The molecule has 3 N–H and O–H groups in total. The van der Waals surface area contributed by atoms with E-state index in [-0.39, 0.29) is 17.5 Å². The summed E-state index contributed by atoms with van der Waals surface area (Å²) >= 11 is 5.49. The van der Waals surface area contributed by atoms with Crippen LogP contribution < -0.4 is 15.6 Å². The Balaban J connectivity index is 1.23. The molecular weight excluding hydrogens is 448 g/mol. The van der Waals surface area contributed by atoms with E-state index in [1.807, 2.05) is 24.3 Å². The van der Waals surface area contributed by atoms with Gasteiger partial charge in [0.2, 0.25) is 5.91 Å². The standard InChI is InChI=1S/C26H28N4O3S/c1-33-17-12-13-21-19(15-17)23-24(28-21)25(32)30(26(34)29-23)14-5-4-11-22(31)27-20-10-6-8-16-7-2-3-9-18(16)20/h2-3,7,9,12-13,15,20,28H,4-6,8,10-11,14H2,1H3,(H,27,31)(H,29,34). The summed E-state index contributed by atoms with van der Waals surface area (Å²) in [6.45, 7) is 0.461. The van der Waals surface area contributed by atoms with Crippen LogP contribution in [0.4, 0.5) is 0 Å². The molecule has 0 fully saturated rings. The van der Waals surface area contributed by atoms with E-state index in [9.17, 15) is 9.59 Å². The number of fused-ring (bicyclic) bond motifs is 4. The minimum Gasteiger partial charge on any atom is -0.497 e. The Labute approximate surface area is 202 Å². The summed E-state index contributed by atoms with van der Waals surface area (Å²) in [5.41, 5.74) is 4.44. The van der Waals surface area contributed by atoms with Crippen molar-refractivity contribution in [3.05, 3.63) is 68.7 Å². The number of hydrogen-bond donors (Lipinski definition) is 3. The zero-order valence-electron chi connectivity index (χ0n) is 19.1. The second-order valence-corrected chi connectivity index (χ2v) is 9.23. The van der Waals surface area contributed by atoms with Gasteiger partial charge in [-0.2, -0.15) is 0 Å². The van der Waals surface area contributed by atoms with E-state index in [0.717, 1.165) is 30.2 Å². The molecule has 0 radical (unpaired) electrons. The zero-order valence-corrected chi connectivity index (χ0v) is 20.0. The summed E-state index contributed by atoms with van der Waals surface area (Å²) in [4.78, 5) is 32.1. The van der Waals surface area contributed by atoms with E-state index in [1.54, 1.807) is 11.7 Å². The van der Waals surface area contributed by atoms with Crippen LogP contribution in [0.5, 0.6) is 5.75 Å². The number of rotatable bonds is 7. The van der Waals surface area contributed by atoms with Crippen molar-refractivity contribution in [1.82, 2.24) is 19.9 Å². The lowest BCUT2D eigenvalue weighted by atomic mass is 9.87. The van der Waals surface area contributed by atoms with Crippen molar-refractivity contribution in [2.75, 3.05) is 7.11 Å². The Morgan fingerprint density at radius 3 is 2.88 bits per heavy atom. The predicted molar refractivity (Wildman–Crippen MR) is 136 cm³/mol. The fraction of sp³-hybridized carbons (Fsp3) is 0.346. The predicted octanol–water partition coefficient (Wildman–Crippen LogP) is 4.91. The quantitative estimate of drug-likeness (QED) is 0.261. The molecule has 1 aliphatic carbocycles. The summed E-state index contributed by atoms with van der Waals surface area (Å²) in [5.74, 6) is 0.770. The van der Waals surface area contributed by atoms with Gasteiger partial charge in [-0.25, -0.2) is 0 Å². The number of amides is 1. The van der Waals surface area contributed by atoms with E-state index in [2.05, 4.69) is 33.5 Å². The van der Waals surface area contributed by atoms with Gasteiger partial charge < -0.3 is 20.0 Å². The molecule has 8 heteroatoms. The first-order chi connectivity index (χ1) is 16.5. The van der Waals surface area contributed by atoms with Gasteiger partial charge in [-0.1, -0.05) is 24.3 Å². The van der Waals surface area contributed by atoms with Crippen LogP contribution in [0.2, 0.25) is 0 Å². The van der Waals surface area contributed by atoms with Gasteiger partial charge in [-0.15, -0.1) is 0 Å². The molecular formula is C26H28N4O3S. The number of nitrogens with zero attached hydrogens (tertiary/aromatic N) is 1. The van der Waals surface area contributed by atoms with Crippen molar-refractivity contribution in [3.63, 3.8) is 0 Å². The lowest BCUT2D eigenvalue weighted by molar-refractivity contribution is -0.122. The highest BCUT2D eigenvalue weighted by Gasteiger charge is 2.21. The van der Waals surface area contributed by atoms with Crippen LogP contribution in [0, 0.1) is 4.77 Å². The van der Waals surface area contributed by atoms with Crippen LogP contribution >= 0.6 is 12.2 Å². The molecule has 0 saturated carbocycles. The number of carbonyl (C=O) groups is 1. The maximum absolute atomic E-state index is 13.1. The van der Waals surface area contributed by atoms with Crippen LogP contribution in [-0.4, -0.2) is 27.6 Å². The highest BCUT2D eigenvalue weighted by molar-refractivity contribution is 7.71. The first-order valence-electron chi connectivity index (χ1n) is 11.7. The normalized spacial score (nSPS) is 15.4.